The molecule has 1 aliphatic heterocycles. The fourth-order valence-corrected chi connectivity index (χ4v) is 3.10. The molecule has 1 atom stereocenters. The average molecular weight is 313 g/mol. The highest BCUT2D eigenvalue weighted by atomic mass is 16.5. The lowest BCUT2D eigenvalue weighted by atomic mass is 9.97. The molecule has 3 rings (SSSR count). The number of imide groups is 1. The molecule has 0 bridgehead atoms. The summed E-state index contributed by atoms with van der Waals surface area (Å²) in [6.45, 7) is 0. The van der Waals surface area contributed by atoms with Gasteiger partial charge in [-0.25, -0.2) is 4.79 Å². The lowest BCUT2D eigenvalue weighted by Gasteiger charge is -2.28. The first-order chi connectivity index (χ1) is 11.2. The molecule has 0 spiro atoms. The Balaban J connectivity index is 1.84. The number of carbonyl (C=O) groups is 3. The average Bonchev–Trinajstić information content (AvgIpc) is 2.89. The van der Waals surface area contributed by atoms with E-state index in [1.54, 1.807) is 24.3 Å². The Kier molecular flexibility index (Phi) is 4.55. The van der Waals surface area contributed by atoms with Gasteiger partial charge < -0.3 is 4.74 Å². The second-order valence-corrected chi connectivity index (χ2v) is 5.89. The smallest absolute Gasteiger partial charge is 0.334 e. The van der Waals surface area contributed by atoms with Gasteiger partial charge in [0.05, 0.1) is 0 Å². The number of rotatable bonds is 4. The van der Waals surface area contributed by atoms with Crippen LogP contribution >= 0.6 is 0 Å². The van der Waals surface area contributed by atoms with Gasteiger partial charge in [-0.1, -0.05) is 36.8 Å². The highest BCUT2D eigenvalue weighted by Crippen LogP contribution is 2.28. The van der Waals surface area contributed by atoms with Crippen LogP contribution in [0.25, 0.3) is 0 Å². The summed E-state index contributed by atoms with van der Waals surface area (Å²) in [5.74, 6) is -1.50. The lowest BCUT2D eigenvalue weighted by Crippen LogP contribution is -2.40. The highest BCUT2D eigenvalue weighted by Gasteiger charge is 2.38. The van der Waals surface area contributed by atoms with E-state index < -0.39 is 23.8 Å². The van der Waals surface area contributed by atoms with Gasteiger partial charge in [0, 0.05) is 12.2 Å². The summed E-state index contributed by atoms with van der Waals surface area (Å²) >= 11 is 0. The number of carbonyl (C=O) groups excluding carboxylic acids is 3. The molecule has 23 heavy (non-hydrogen) atoms. The fraction of sp³-hybridized carbons (Fsp3) is 0.389. The fourth-order valence-electron chi connectivity index (χ4n) is 3.10. The van der Waals surface area contributed by atoms with Gasteiger partial charge in [-0.2, -0.15) is 0 Å². The summed E-state index contributed by atoms with van der Waals surface area (Å²) in [6.07, 6.45) is 7.17. The standard InChI is InChI=1S/C18H19NO4/c20-15-11-12-16(21)19(15)17(13-7-3-1-4-8-13)18(22)23-14-9-5-2-6-10-14/h1,3-4,7-8,11-12,14,17H,2,5-6,9-10H2/t17-/m1/s1. The van der Waals surface area contributed by atoms with Crippen LogP contribution in [0.3, 0.4) is 0 Å². The molecule has 1 aromatic rings. The number of esters is 1. The van der Waals surface area contributed by atoms with Crippen LogP contribution in [0.1, 0.15) is 43.7 Å². The van der Waals surface area contributed by atoms with Crippen LogP contribution in [0, 0.1) is 0 Å². The zero-order valence-corrected chi connectivity index (χ0v) is 12.8. The molecular weight excluding hydrogens is 294 g/mol. The lowest BCUT2D eigenvalue weighted by molar-refractivity contribution is -0.163. The van der Waals surface area contributed by atoms with Gasteiger partial charge >= 0.3 is 5.97 Å². The zero-order valence-electron chi connectivity index (χ0n) is 12.8. The summed E-state index contributed by atoms with van der Waals surface area (Å²) in [7, 11) is 0. The van der Waals surface area contributed by atoms with E-state index >= 15 is 0 Å². The Hall–Kier alpha value is -2.43. The van der Waals surface area contributed by atoms with Crippen LogP contribution in [-0.2, 0) is 19.1 Å². The monoisotopic (exact) mass is 313 g/mol. The van der Waals surface area contributed by atoms with Crippen molar-refractivity contribution in [1.82, 2.24) is 4.90 Å². The Morgan fingerprint density at radius 1 is 1.00 bits per heavy atom. The third-order valence-electron chi connectivity index (χ3n) is 4.28. The van der Waals surface area contributed by atoms with Crippen LogP contribution < -0.4 is 0 Å². The van der Waals surface area contributed by atoms with Gasteiger partial charge in [0.1, 0.15) is 6.10 Å². The molecule has 2 aliphatic rings. The quantitative estimate of drug-likeness (QED) is 0.633. The van der Waals surface area contributed by atoms with Crippen molar-refractivity contribution in [2.24, 2.45) is 0 Å². The van der Waals surface area contributed by atoms with Crippen LogP contribution in [-0.4, -0.2) is 28.8 Å². The number of hydrogen-bond acceptors (Lipinski definition) is 4. The first kappa shape index (κ1) is 15.5. The molecule has 1 aliphatic carbocycles. The molecule has 0 aromatic heterocycles. The first-order valence-corrected chi connectivity index (χ1v) is 7.97. The van der Waals surface area contributed by atoms with Crippen molar-refractivity contribution in [1.29, 1.82) is 0 Å². The molecule has 120 valence electrons. The maximum Gasteiger partial charge on any atom is 0.334 e. The van der Waals surface area contributed by atoms with E-state index in [1.165, 1.54) is 12.2 Å². The first-order valence-electron chi connectivity index (χ1n) is 7.97. The molecule has 2 amide bonds. The number of nitrogens with zero attached hydrogens (tertiary/aromatic N) is 1. The SMILES string of the molecule is O=C(OC1CCCCC1)[C@@H](c1ccccc1)N1C(=O)C=CC1=O. The molecule has 0 N–H and O–H groups in total. The summed E-state index contributed by atoms with van der Waals surface area (Å²) in [5, 5.41) is 0. The predicted octanol–water partition coefficient (Wildman–Crippen LogP) is 2.53. The van der Waals surface area contributed by atoms with Crippen molar-refractivity contribution in [3.8, 4) is 0 Å². The second-order valence-electron chi connectivity index (χ2n) is 5.89. The third-order valence-corrected chi connectivity index (χ3v) is 4.28. The molecular formula is C18H19NO4. The predicted molar refractivity (Wildman–Crippen MR) is 83.1 cm³/mol. The van der Waals surface area contributed by atoms with Crippen LogP contribution in [0.15, 0.2) is 42.5 Å². The minimum atomic E-state index is -1.02. The van der Waals surface area contributed by atoms with E-state index in [0.717, 1.165) is 37.0 Å². The van der Waals surface area contributed by atoms with E-state index in [4.69, 9.17) is 4.74 Å². The van der Waals surface area contributed by atoms with Gasteiger partial charge in [0.25, 0.3) is 11.8 Å². The Morgan fingerprint density at radius 2 is 1.61 bits per heavy atom. The van der Waals surface area contributed by atoms with E-state index in [1.807, 2.05) is 6.07 Å². The van der Waals surface area contributed by atoms with Crippen LogP contribution in [0.5, 0.6) is 0 Å². The summed E-state index contributed by atoms with van der Waals surface area (Å²) < 4.78 is 5.60. The topological polar surface area (TPSA) is 63.7 Å². The summed E-state index contributed by atoms with van der Waals surface area (Å²) in [6, 6.07) is 7.80. The van der Waals surface area contributed by atoms with E-state index in [-0.39, 0.29) is 6.10 Å². The van der Waals surface area contributed by atoms with Gasteiger partial charge in [-0.05, 0) is 31.2 Å². The molecule has 0 radical (unpaired) electrons. The number of benzene rings is 1. The molecule has 0 saturated heterocycles. The Bertz CT molecular complexity index is 614. The van der Waals surface area contributed by atoms with Crippen molar-refractivity contribution in [2.45, 2.75) is 44.2 Å². The maximum absolute atomic E-state index is 12.7. The Labute approximate surface area is 134 Å². The van der Waals surface area contributed by atoms with Gasteiger partial charge in [-0.15, -0.1) is 0 Å². The Morgan fingerprint density at radius 3 is 2.22 bits per heavy atom. The molecule has 1 aromatic carbocycles. The van der Waals surface area contributed by atoms with Gasteiger partial charge in [0.2, 0.25) is 0 Å². The normalized spacial score (nSPS) is 19.9. The van der Waals surface area contributed by atoms with E-state index in [0.29, 0.717) is 5.56 Å². The molecule has 0 unspecified atom stereocenters. The molecule has 1 fully saturated rings. The molecule has 5 nitrogen and oxygen atoms in total. The van der Waals surface area contributed by atoms with E-state index in [2.05, 4.69) is 0 Å². The van der Waals surface area contributed by atoms with Gasteiger partial charge in [0.15, 0.2) is 6.04 Å². The molecule has 1 heterocycles. The minimum Gasteiger partial charge on any atom is -0.461 e. The van der Waals surface area contributed by atoms with Gasteiger partial charge in [-0.3, -0.25) is 14.5 Å². The van der Waals surface area contributed by atoms with Crippen LogP contribution in [0.2, 0.25) is 0 Å². The number of ether oxygens (including phenoxy) is 1. The largest absolute Gasteiger partial charge is 0.461 e. The second kappa shape index (κ2) is 6.77. The maximum atomic E-state index is 12.7. The number of amides is 2. The van der Waals surface area contributed by atoms with E-state index in [9.17, 15) is 14.4 Å². The van der Waals surface area contributed by atoms with Crippen molar-refractivity contribution >= 4 is 17.8 Å². The zero-order chi connectivity index (χ0) is 16.2. The third kappa shape index (κ3) is 3.33. The van der Waals surface area contributed by atoms with Crippen molar-refractivity contribution in [2.75, 3.05) is 0 Å². The van der Waals surface area contributed by atoms with Crippen molar-refractivity contribution < 1.29 is 19.1 Å². The summed E-state index contributed by atoms with van der Waals surface area (Å²) in [5.41, 5.74) is 0.582. The summed E-state index contributed by atoms with van der Waals surface area (Å²) in [4.78, 5) is 37.7. The van der Waals surface area contributed by atoms with Crippen molar-refractivity contribution in [3.05, 3.63) is 48.0 Å². The minimum absolute atomic E-state index is 0.122. The van der Waals surface area contributed by atoms with Crippen LogP contribution in [0.4, 0.5) is 0 Å². The number of hydrogen-bond donors (Lipinski definition) is 0. The molecule has 5 heteroatoms. The van der Waals surface area contributed by atoms with Crippen molar-refractivity contribution in [3.63, 3.8) is 0 Å². The molecule has 1 saturated carbocycles. The highest BCUT2D eigenvalue weighted by molar-refractivity contribution is 6.14.